The zero-order chi connectivity index (χ0) is 13.1. The number of carbonyl (C=O) groups excluding carboxylic acids is 1. The molecule has 1 amide bonds. The number of carboxylic acid groups (broad SMARTS) is 1. The van der Waals surface area contributed by atoms with Crippen molar-refractivity contribution in [2.24, 2.45) is 0 Å². The van der Waals surface area contributed by atoms with E-state index in [4.69, 9.17) is 5.11 Å². The summed E-state index contributed by atoms with van der Waals surface area (Å²) in [5.74, 6) is -0.366. The molecule has 1 aliphatic heterocycles. The van der Waals surface area contributed by atoms with Crippen LogP contribution in [0.1, 0.15) is 17.9 Å². The minimum Gasteiger partial charge on any atom is -0.480 e. The smallest absolute Gasteiger partial charge is 0.321 e. The van der Waals surface area contributed by atoms with Gasteiger partial charge in [0.15, 0.2) is 0 Å². The Balaban J connectivity index is 2.02. The first kappa shape index (κ1) is 12.9. The van der Waals surface area contributed by atoms with Crippen LogP contribution in [0.25, 0.3) is 0 Å². The number of anilines is 1. The summed E-state index contributed by atoms with van der Waals surface area (Å²) in [6, 6.07) is 6.91. The van der Waals surface area contributed by atoms with Crippen molar-refractivity contribution < 1.29 is 14.7 Å². The van der Waals surface area contributed by atoms with Crippen LogP contribution in [-0.2, 0) is 9.59 Å². The van der Waals surface area contributed by atoms with Crippen molar-refractivity contribution in [2.45, 2.75) is 18.3 Å². The third kappa shape index (κ3) is 3.02. The summed E-state index contributed by atoms with van der Waals surface area (Å²) in [5.41, 5.74) is 1.75. The van der Waals surface area contributed by atoms with E-state index in [0.717, 1.165) is 11.3 Å². The first-order valence-corrected chi connectivity index (χ1v) is 6.59. The Bertz CT molecular complexity index is 461. The quantitative estimate of drug-likeness (QED) is 0.771. The zero-order valence-electron chi connectivity index (χ0n) is 9.84. The number of benzene rings is 1. The fraction of sp³-hybridized carbons (Fsp3) is 0.333. The van der Waals surface area contributed by atoms with Crippen molar-refractivity contribution in [3.05, 3.63) is 29.8 Å². The van der Waals surface area contributed by atoms with Crippen LogP contribution in [0.2, 0.25) is 0 Å². The van der Waals surface area contributed by atoms with E-state index >= 15 is 0 Å². The summed E-state index contributed by atoms with van der Waals surface area (Å²) in [4.78, 5) is 21.7. The van der Waals surface area contributed by atoms with Gasteiger partial charge < -0.3 is 10.4 Å². The maximum Gasteiger partial charge on any atom is 0.321 e. The van der Waals surface area contributed by atoms with E-state index in [0.29, 0.717) is 5.75 Å². The number of hydrogen-bond donors (Lipinski definition) is 3. The van der Waals surface area contributed by atoms with Gasteiger partial charge in [0.1, 0.15) is 6.04 Å². The lowest BCUT2D eigenvalue weighted by atomic mass is 10.2. The summed E-state index contributed by atoms with van der Waals surface area (Å²) >= 11 is 1.57. The molecule has 1 aromatic carbocycles. The Morgan fingerprint density at radius 3 is 2.56 bits per heavy atom. The maximum atomic E-state index is 10.9. The number of carboxylic acids is 1. The highest BCUT2D eigenvalue weighted by molar-refractivity contribution is 7.99. The van der Waals surface area contributed by atoms with Crippen LogP contribution in [0.5, 0.6) is 0 Å². The van der Waals surface area contributed by atoms with E-state index in [2.05, 4.69) is 10.6 Å². The highest BCUT2D eigenvalue weighted by Crippen LogP contribution is 2.33. The second-order valence-electron chi connectivity index (χ2n) is 4.07. The van der Waals surface area contributed by atoms with Crippen molar-refractivity contribution in [1.29, 1.82) is 0 Å². The van der Waals surface area contributed by atoms with E-state index in [-0.39, 0.29) is 11.3 Å². The van der Waals surface area contributed by atoms with Crippen LogP contribution in [0, 0.1) is 0 Å². The molecule has 18 heavy (non-hydrogen) atoms. The average molecular weight is 266 g/mol. The lowest BCUT2D eigenvalue weighted by molar-refractivity contribution is -0.138. The van der Waals surface area contributed by atoms with Crippen LogP contribution >= 0.6 is 11.8 Å². The van der Waals surface area contributed by atoms with Crippen LogP contribution in [0.15, 0.2) is 24.3 Å². The molecule has 1 saturated heterocycles. The Morgan fingerprint density at radius 2 is 2.06 bits per heavy atom. The predicted octanol–water partition coefficient (Wildman–Crippen LogP) is 1.43. The first-order valence-electron chi connectivity index (χ1n) is 5.54. The van der Waals surface area contributed by atoms with Gasteiger partial charge in [-0.25, -0.2) is 0 Å². The number of aliphatic carboxylic acids is 1. The average Bonchev–Trinajstić information content (AvgIpc) is 2.78. The molecule has 1 fully saturated rings. The summed E-state index contributed by atoms with van der Waals surface area (Å²) in [7, 11) is 0. The molecule has 0 spiro atoms. The van der Waals surface area contributed by atoms with E-state index in [1.165, 1.54) is 6.92 Å². The Morgan fingerprint density at radius 1 is 1.39 bits per heavy atom. The third-order valence-corrected chi connectivity index (χ3v) is 3.88. The molecule has 0 saturated carbocycles. The van der Waals surface area contributed by atoms with Crippen LogP contribution in [0.3, 0.4) is 0 Å². The molecule has 2 atom stereocenters. The SMILES string of the molecule is CC(=O)Nc1ccc([C@@H]2N[C@@H](C(=O)O)CS2)cc1. The fourth-order valence-electron chi connectivity index (χ4n) is 1.75. The molecule has 0 bridgehead atoms. The number of hydrogen-bond acceptors (Lipinski definition) is 4. The molecule has 0 radical (unpaired) electrons. The van der Waals surface area contributed by atoms with Crippen molar-refractivity contribution in [3.63, 3.8) is 0 Å². The minimum absolute atomic E-state index is 0.00234. The number of amides is 1. The predicted molar refractivity (Wildman–Crippen MR) is 70.5 cm³/mol. The largest absolute Gasteiger partial charge is 0.480 e. The number of rotatable bonds is 3. The fourth-order valence-corrected chi connectivity index (χ4v) is 2.98. The Kier molecular flexibility index (Phi) is 3.88. The third-order valence-electron chi connectivity index (χ3n) is 2.61. The second-order valence-corrected chi connectivity index (χ2v) is 5.21. The Hall–Kier alpha value is -1.53. The first-order chi connectivity index (χ1) is 8.56. The van der Waals surface area contributed by atoms with Gasteiger partial charge in [-0.05, 0) is 17.7 Å². The molecule has 0 unspecified atom stereocenters. The number of thioether (sulfide) groups is 1. The van der Waals surface area contributed by atoms with E-state index in [1.807, 2.05) is 24.3 Å². The number of nitrogens with one attached hydrogen (secondary N) is 2. The number of carbonyl (C=O) groups is 2. The molecule has 0 aromatic heterocycles. The normalized spacial score (nSPS) is 22.7. The Labute approximate surface area is 109 Å². The van der Waals surface area contributed by atoms with Crippen molar-refractivity contribution >= 4 is 29.3 Å². The molecule has 5 nitrogen and oxygen atoms in total. The van der Waals surface area contributed by atoms with Crippen LogP contribution in [-0.4, -0.2) is 28.8 Å². The van der Waals surface area contributed by atoms with Crippen LogP contribution in [0.4, 0.5) is 5.69 Å². The van der Waals surface area contributed by atoms with Gasteiger partial charge in [-0.2, -0.15) is 0 Å². The van der Waals surface area contributed by atoms with Gasteiger partial charge in [-0.1, -0.05) is 12.1 Å². The molecule has 1 heterocycles. The van der Waals surface area contributed by atoms with E-state index < -0.39 is 12.0 Å². The summed E-state index contributed by atoms with van der Waals surface area (Å²) in [6.45, 7) is 1.46. The zero-order valence-corrected chi connectivity index (χ0v) is 10.7. The molecule has 1 aliphatic rings. The van der Waals surface area contributed by atoms with Crippen LogP contribution < -0.4 is 10.6 Å². The molecule has 1 aromatic rings. The maximum absolute atomic E-state index is 10.9. The summed E-state index contributed by atoms with van der Waals surface area (Å²) in [6.07, 6.45) is 0. The van der Waals surface area contributed by atoms with Gasteiger partial charge in [-0.3, -0.25) is 14.9 Å². The molecule has 0 aliphatic carbocycles. The minimum atomic E-state index is -0.820. The molecule has 6 heteroatoms. The monoisotopic (exact) mass is 266 g/mol. The van der Waals surface area contributed by atoms with Crippen molar-refractivity contribution in [2.75, 3.05) is 11.1 Å². The lowest BCUT2D eigenvalue weighted by Gasteiger charge is -2.12. The molecule has 3 N–H and O–H groups in total. The van der Waals surface area contributed by atoms with Gasteiger partial charge in [0.05, 0.1) is 5.37 Å². The van der Waals surface area contributed by atoms with Gasteiger partial charge in [0.2, 0.25) is 5.91 Å². The molecular formula is C12H14N2O3S. The summed E-state index contributed by atoms with van der Waals surface area (Å²) < 4.78 is 0. The summed E-state index contributed by atoms with van der Waals surface area (Å²) in [5, 5.41) is 14.6. The van der Waals surface area contributed by atoms with Gasteiger partial charge in [-0.15, -0.1) is 11.8 Å². The van der Waals surface area contributed by atoms with Crippen molar-refractivity contribution in [3.8, 4) is 0 Å². The van der Waals surface area contributed by atoms with Crippen molar-refractivity contribution in [1.82, 2.24) is 5.32 Å². The van der Waals surface area contributed by atoms with E-state index in [1.54, 1.807) is 11.8 Å². The topological polar surface area (TPSA) is 78.4 Å². The second kappa shape index (κ2) is 5.41. The van der Waals surface area contributed by atoms with Gasteiger partial charge in [0, 0.05) is 18.4 Å². The van der Waals surface area contributed by atoms with Gasteiger partial charge in [0.25, 0.3) is 0 Å². The lowest BCUT2D eigenvalue weighted by Crippen LogP contribution is -2.33. The van der Waals surface area contributed by atoms with Gasteiger partial charge >= 0.3 is 5.97 Å². The molecule has 96 valence electrons. The molecular weight excluding hydrogens is 252 g/mol. The highest BCUT2D eigenvalue weighted by atomic mass is 32.2. The highest BCUT2D eigenvalue weighted by Gasteiger charge is 2.30. The molecule has 2 rings (SSSR count). The standard InChI is InChI=1S/C12H14N2O3S/c1-7(15)13-9-4-2-8(3-5-9)11-14-10(6-18-11)12(16)17/h2-5,10-11,14H,6H2,1H3,(H,13,15)(H,16,17)/t10-,11-/m1/s1. The van der Waals surface area contributed by atoms with E-state index in [9.17, 15) is 9.59 Å².